The summed E-state index contributed by atoms with van der Waals surface area (Å²) in [5.41, 5.74) is 1.37. The second-order valence-electron chi connectivity index (χ2n) is 4.96. The van der Waals surface area contributed by atoms with Crippen molar-refractivity contribution in [1.29, 1.82) is 0 Å². The molecule has 0 aromatic heterocycles. The third-order valence-electron chi connectivity index (χ3n) is 3.31. The molecule has 1 unspecified atom stereocenters. The Morgan fingerprint density at radius 2 is 1.82 bits per heavy atom. The van der Waals surface area contributed by atoms with Gasteiger partial charge in [-0.15, -0.1) is 0 Å². The Bertz CT molecular complexity index is 329. The topological polar surface area (TPSA) is 29.5 Å². The highest BCUT2D eigenvalue weighted by Gasteiger charge is 2.32. The van der Waals surface area contributed by atoms with Crippen LogP contribution in [-0.2, 0) is 16.8 Å². The van der Waals surface area contributed by atoms with Gasteiger partial charge in [0.25, 0.3) is 0 Å². The Labute approximate surface area is 105 Å². The molecule has 1 rings (SSSR count). The smallest absolute Gasteiger partial charge is 0.115 e. The van der Waals surface area contributed by atoms with Gasteiger partial charge in [-0.3, -0.25) is 0 Å². The van der Waals surface area contributed by atoms with Crippen LogP contribution in [0, 0.1) is 5.92 Å². The molecule has 17 heavy (non-hydrogen) atoms. The molecule has 0 aliphatic heterocycles. The predicted molar refractivity (Wildman–Crippen MR) is 71.0 cm³/mol. The first kappa shape index (κ1) is 14.2. The number of aryl methyl sites for hydroxylation is 1. The van der Waals surface area contributed by atoms with E-state index in [2.05, 4.69) is 19.1 Å². The van der Waals surface area contributed by atoms with E-state index in [1.54, 1.807) is 7.11 Å². The number of benzene rings is 1. The van der Waals surface area contributed by atoms with Crippen LogP contribution >= 0.6 is 0 Å². The average Bonchev–Trinajstić information content (AvgIpc) is 2.30. The molecule has 0 radical (unpaired) electrons. The number of hydrogen-bond donors (Lipinski definition) is 1. The van der Waals surface area contributed by atoms with Crippen LogP contribution in [0.3, 0.4) is 0 Å². The van der Waals surface area contributed by atoms with E-state index < -0.39 is 5.60 Å². The number of methoxy groups -OCH3 is 1. The van der Waals surface area contributed by atoms with Crippen LogP contribution in [0.25, 0.3) is 0 Å². The third-order valence-corrected chi connectivity index (χ3v) is 3.31. The van der Waals surface area contributed by atoms with E-state index in [0.29, 0.717) is 6.61 Å². The molecule has 0 spiro atoms. The second-order valence-corrected chi connectivity index (χ2v) is 4.96. The van der Waals surface area contributed by atoms with Crippen molar-refractivity contribution >= 4 is 0 Å². The third kappa shape index (κ3) is 3.30. The maximum absolute atomic E-state index is 10.7. The first-order valence-electron chi connectivity index (χ1n) is 6.35. The van der Waals surface area contributed by atoms with Gasteiger partial charge in [-0.2, -0.15) is 0 Å². The maximum Gasteiger partial charge on any atom is 0.115 e. The highest BCUT2D eigenvalue weighted by molar-refractivity contribution is 5.28. The summed E-state index contributed by atoms with van der Waals surface area (Å²) in [6.07, 6.45) is 2.23. The van der Waals surface area contributed by atoms with Crippen molar-refractivity contribution in [3.05, 3.63) is 35.4 Å². The van der Waals surface area contributed by atoms with Crippen LogP contribution in [0.5, 0.6) is 0 Å². The molecule has 1 aromatic rings. The lowest BCUT2D eigenvalue weighted by Crippen LogP contribution is -2.36. The largest absolute Gasteiger partial charge is 0.382 e. The zero-order valence-electron chi connectivity index (χ0n) is 11.4. The molecule has 2 heteroatoms. The van der Waals surface area contributed by atoms with E-state index in [0.717, 1.165) is 18.4 Å². The summed E-state index contributed by atoms with van der Waals surface area (Å²) in [5, 5.41) is 10.7. The maximum atomic E-state index is 10.7. The molecule has 1 atom stereocenters. The van der Waals surface area contributed by atoms with Gasteiger partial charge < -0.3 is 9.84 Å². The van der Waals surface area contributed by atoms with Gasteiger partial charge in [0.15, 0.2) is 0 Å². The van der Waals surface area contributed by atoms with Crippen LogP contribution < -0.4 is 0 Å². The summed E-state index contributed by atoms with van der Waals surface area (Å²) in [6.45, 7) is 6.53. The molecule has 1 N–H and O–H groups in total. The minimum absolute atomic E-state index is 0.125. The van der Waals surface area contributed by atoms with Gasteiger partial charge in [0.05, 0.1) is 6.61 Å². The molecule has 0 bridgehead atoms. The molecule has 0 saturated heterocycles. The molecule has 0 aliphatic rings. The van der Waals surface area contributed by atoms with Crippen molar-refractivity contribution in [2.24, 2.45) is 5.92 Å². The van der Waals surface area contributed by atoms with E-state index in [-0.39, 0.29) is 5.92 Å². The van der Waals surface area contributed by atoms with Gasteiger partial charge in [-0.25, -0.2) is 0 Å². The van der Waals surface area contributed by atoms with Gasteiger partial charge in [0.1, 0.15) is 5.60 Å². The zero-order chi connectivity index (χ0) is 12.9. The van der Waals surface area contributed by atoms with Crippen molar-refractivity contribution in [2.45, 2.75) is 39.2 Å². The molecule has 0 aliphatic carbocycles. The molecule has 0 saturated carbocycles. The number of rotatable bonds is 6. The lowest BCUT2D eigenvalue weighted by Gasteiger charge is -2.32. The Morgan fingerprint density at radius 1 is 1.24 bits per heavy atom. The number of ether oxygens (including phenoxy) is 1. The van der Waals surface area contributed by atoms with E-state index in [1.165, 1.54) is 5.56 Å². The minimum Gasteiger partial charge on any atom is -0.382 e. The van der Waals surface area contributed by atoms with E-state index in [9.17, 15) is 5.11 Å². The monoisotopic (exact) mass is 236 g/mol. The zero-order valence-corrected chi connectivity index (χ0v) is 11.4. The van der Waals surface area contributed by atoms with E-state index in [1.807, 2.05) is 26.0 Å². The minimum atomic E-state index is -0.889. The Balaban J connectivity index is 2.95. The Kier molecular flexibility index (Phi) is 5.16. The molecule has 96 valence electrons. The van der Waals surface area contributed by atoms with Crippen molar-refractivity contribution in [3.63, 3.8) is 0 Å². The van der Waals surface area contributed by atoms with Crippen LogP contribution in [0.15, 0.2) is 24.3 Å². The van der Waals surface area contributed by atoms with E-state index >= 15 is 0 Å². The molecule has 0 heterocycles. The highest BCUT2D eigenvalue weighted by atomic mass is 16.5. The summed E-state index contributed by atoms with van der Waals surface area (Å²) in [4.78, 5) is 0. The lowest BCUT2D eigenvalue weighted by molar-refractivity contribution is -0.0700. The van der Waals surface area contributed by atoms with Crippen molar-refractivity contribution in [2.75, 3.05) is 13.7 Å². The van der Waals surface area contributed by atoms with E-state index in [4.69, 9.17) is 4.74 Å². The summed E-state index contributed by atoms with van der Waals surface area (Å²) >= 11 is 0. The lowest BCUT2D eigenvalue weighted by atomic mass is 9.83. The molecule has 0 amide bonds. The highest BCUT2D eigenvalue weighted by Crippen LogP contribution is 2.30. The summed E-state index contributed by atoms with van der Waals surface area (Å²) in [6, 6.07) is 8.23. The number of aliphatic hydroxyl groups is 1. The SMILES string of the molecule is CCCc1ccc(C(O)(COC)C(C)C)cc1. The average molecular weight is 236 g/mol. The van der Waals surface area contributed by atoms with Crippen molar-refractivity contribution in [1.82, 2.24) is 0 Å². The normalized spacial score (nSPS) is 14.9. The number of hydrogen-bond acceptors (Lipinski definition) is 2. The van der Waals surface area contributed by atoms with Gasteiger partial charge in [-0.1, -0.05) is 51.5 Å². The Hall–Kier alpha value is -0.860. The summed E-state index contributed by atoms with van der Waals surface area (Å²) in [7, 11) is 1.62. The van der Waals surface area contributed by atoms with Gasteiger partial charge in [-0.05, 0) is 23.5 Å². The predicted octanol–water partition coefficient (Wildman–Crippen LogP) is 3.13. The van der Waals surface area contributed by atoms with Crippen LogP contribution in [0.1, 0.15) is 38.3 Å². The fourth-order valence-corrected chi connectivity index (χ4v) is 2.05. The fraction of sp³-hybridized carbons (Fsp3) is 0.600. The molecular formula is C15H24O2. The van der Waals surface area contributed by atoms with Gasteiger partial charge in [0, 0.05) is 7.11 Å². The van der Waals surface area contributed by atoms with Gasteiger partial charge in [0.2, 0.25) is 0 Å². The van der Waals surface area contributed by atoms with Gasteiger partial charge >= 0.3 is 0 Å². The van der Waals surface area contributed by atoms with Crippen molar-refractivity contribution in [3.8, 4) is 0 Å². The van der Waals surface area contributed by atoms with Crippen molar-refractivity contribution < 1.29 is 9.84 Å². The first-order valence-corrected chi connectivity index (χ1v) is 6.35. The second kappa shape index (κ2) is 6.18. The standard InChI is InChI=1S/C15H24O2/c1-5-6-13-7-9-14(10-8-13)15(16,11-17-4)12(2)3/h7-10,12,16H,5-6,11H2,1-4H3. The van der Waals surface area contributed by atoms with Crippen LogP contribution in [-0.4, -0.2) is 18.8 Å². The Morgan fingerprint density at radius 3 is 2.24 bits per heavy atom. The van der Waals surface area contributed by atoms with Crippen LogP contribution in [0.2, 0.25) is 0 Å². The first-order chi connectivity index (χ1) is 8.04. The molecule has 0 fully saturated rings. The molecule has 2 nitrogen and oxygen atoms in total. The fourth-order valence-electron chi connectivity index (χ4n) is 2.05. The molecule has 1 aromatic carbocycles. The molecular weight excluding hydrogens is 212 g/mol. The quantitative estimate of drug-likeness (QED) is 0.822. The van der Waals surface area contributed by atoms with Crippen LogP contribution in [0.4, 0.5) is 0 Å². The summed E-state index contributed by atoms with van der Waals surface area (Å²) in [5.74, 6) is 0.125. The summed E-state index contributed by atoms with van der Waals surface area (Å²) < 4.78 is 5.15.